The van der Waals surface area contributed by atoms with Gasteiger partial charge in [0.15, 0.2) is 5.82 Å². The standard InChI is InChI=1S/C15H15Cl2FN2O/c1-2-6-19-9-10-5-7-20-15(14(10)18)21-11-3-4-12(16)13(17)8-11/h3-5,7-8,19H,2,6,9H2,1H3. The fourth-order valence-corrected chi connectivity index (χ4v) is 2.01. The lowest BCUT2D eigenvalue weighted by Crippen LogP contribution is -2.15. The Balaban J connectivity index is 2.16. The highest BCUT2D eigenvalue weighted by atomic mass is 35.5. The van der Waals surface area contributed by atoms with Crippen LogP contribution < -0.4 is 10.1 Å². The molecule has 0 aliphatic rings. The fourth-order valence-electron chi connectivity index (χ4n) is 1.72. The maximum atomic E-state index is 14.3. The van der Waals surface area contributed by atoms with Crippen molar-refractivity contribution < 1.29 is 9.13 Å². The minimum atomic E-state index is -0.479. The van der Waals surface area contributed by atoms with Crippen LogP contribution in [0.3, 0.4) is 0 Å². The molecule has 2 aromatic rings. The van der Waals surface area contributed by atoms with Crippen LogP contribution in [0.2, 0.25) is 10.0 Å². The number of benzene rings is 1. The van der Waals surface area contributed by atoms with Gasteiger partial charge in [-0.05, 0) is 31.2 Å². The summed E-state index contributed by atoms with van der Waals surface area (Å²) < 4.78 is 19.7. The van der Waals surface area contributed by atoms with Crippen molar-refractivity contribution in [1.82, 2.24) is 10.3 Å². The second-order valence-electron chi connectivity index (χ2n) is 4.44. The Kier molecular flexibility index (Phi) is 5.79. The first kappa shape index (κ1) is 16.0. The first-order chi connectivity index (χ1) is 10.1. The van der Waals surface area contributed by atoms with Crippen molar-refractivity contribution in [3.05, 3.63) is 51.9 Å². The van der Waals surface area contributed by atoms with Gasteiger partial charge in [-0.3, -0.25) is 0 Å². The Morgan fingerprint density at radius 1 is 1.24 bits per heavy atom. The van der Waals surface area contributed by atoms with Gasteiger partial charge in [0.25, 0.3) is 5.88 Å². The van der Waals surface area contributed by atoms with Crippen molar-refractivity contribution in [2.24, 2.45) is 0 Å². The molecule has 0 unspecified atom stereocenters. The Morgan fingerprint density at radius 2 is 2.05 bits per heavy atom. The number of halogens is 3. The maximum absolute atomic E-state index is 14.3. The summed E-state index contributed by atoms with van der Waals surface area (Å²) in [6.07, 6.45) is 2.50. The fraction of sp³-hybridized carbons (Fsp3) is 0.267. The lowest BCUT2D eigenvalue weighted by atomic mass is 10.2. The normalized spacial score (nSPS) is 10.7. The number of hydrogen-bond acceptors (Lipinski definition) is 3. The molecule has 1 N–H and O–H groups in total. The summed E-state index contributed by atoms with van der Waals surface area (Å²) in [6.45, 7) is 3.30. The van der Waals surface area contributed by atoms with Crippen LogP contribution in [0.5, 0.6) is 11.6 Å². The number of nitrogens with zero attached hydrogens (tertiary/aromatic N) is 1. The maximum Gasteiger partial charge on any atom is 0.256 e. The minimum absolute atomic E-state index is 0.0795. The van der Waals surface area contributed by atoms with Gasteiger partial charge in [-0.15, -0.1) is 0 Å². The van der Waals surface area contributed by atoms with E-state index in [1.165, 1.54) is 12.3 Å². The summed E-state index contributed by atoms with van der Waals surface area (Å²) in [5.74, 6) is -0.175. The van der Waals surface area contributed by atoms with Crippen molar-refractivity contribution in [3.63, 3.8) is 0 Å². The number of hydrogen-bond donors (Lipinski definition) is 1. The zero-order chi connectivity index (χ0) is 15.2. The van der Waals surface area contributed by atoms with Crippen LogP contribution in [0.25, 0.3) is 0 Å². The van der Waals surface area contributed by atoms with Crippen LogP contribution in [-0.2, 0) is 6.54 Å². The molecule has 0 saturated heterocycles. The molecular formula is C15H15Cl2FN2O. The van der Waals surface area contributed by atoms with Crippen molar-refractivity contribution in [2.45, 2.75) is 19.9 Å². The molecule has 0 spiro atoms. The van der Waals surface area contributed by atoms with E-state index in [0.29, 0.717) is 27.9 Å². The summed E-state index contributed by atoms with van der Waals surface area (Å²) in [4.78, 5) is 3.91. The molecule has 0 aliphatic heterocycles. The molecule has 3 nitrogen and oxygen atoms in total. The first-order valence-electron chi connectivity index (χ1n) is 6.58. The molecule has 2 rings (SSSR count). The molecule has 6 heteroatoms. The molecule has 112 valence electrons. The molecule has 0 bridgehead atoms. The Bertz CT molecular complexity index is 623. The summed E-state index contributed by atoms with van der Waals surface area (Å²) >= 11 is 11.7. The number of aromatic nitrogens is 1. The van der Waals surface area contributed by atoms with Crippen molar-refractivity contribution in [3.8, 4) is 11.6 Å². The van der Waals surface area contributed by atoms with E-state index >= 15 is 0 Å². The van der Waals surface area contributed by atoms with Gasteiger partial charge < -0.3 is 10.1 Å². The van der Waals surface area contributed by atoms with E-state index in [9.17, 15) is 4.39 Å². The monoisotopic (exact) mass is 328 g/mol. The highest BCUT2D eigenvalue weighted by Crippen LogP contribution is 2.30. The first-order valence-corrected chi connectivity index (χ1v) is 7.34. The van der Waals surface area contributed by atoms with Gasteiger partial charge in [-0.2, -0.15) is 0 Å². The van der Waals surface area contributed by atoms with E-state index in [2.05, 4.69) is 17.2 Å². The predicted octanol–water partition coefficient (Wildman–Crippen LogP) is 4.82. The summed E-state index contributed by atoms with van der Waals surface area (Å²) in [7, 11) is 0. The van der Waals surface area contributed by atoms with E-state index in [1.807, 2.05) is 0 Å². The van der Waals surface area contributed by atoms with Crippen LogP contribution in [0, 0.1) is 5.82 Å². The smallest absolute Gasteiger partial charge is 0.256 e. The number of ether oxygens (including phenoxy) is 1. The number of pyridine rings is 1. The third-order valence-electron chi connectivity index (χ3n) is 2.79. The average Bonchev–Trinajstić information content (AvgIpc) is 2.47. The molecule has 21 heavy (non-hydrogen) atoms. The van der Waals surface area contributed by atoms with Crippen molar-refractivity contribution in [2.75, 3.05) is 6.54 Å². The number of rotatable bonds is 6. The Morgan fingerprint density at radius 3 is 2.76 bits per heavy atom. The molecule has 0 radical (unpaired) electrons. The largest absolute Gasteiger partial charge is 0.436 e. The lowest BCUT2D eigenvalue weighted by molar-refractivity contribution is 0.417. The molecule has 0 atom stereocenters. The van der Waals surface area contributed by atoms with Gasteiger partial charge in [-0.1, -0.05) is 30.1 Å². The number of nitrogens with one attached hydrogen (secondary N) is 1. The van der Waals surface area contributed by atoms with Gasteiger partial charge in [0, 0.05) is 24.4 Å². The molecular weight excluding hydrogens is 314 g/mol. The summed E-state index contributed by atoms with van der Waals surface area (Å²) in [6, 6.07) is 6.34. The molecule has 0 aliphatic carbocycles. The third-order valence-corrected chi connectivity index (χ3v) is 3.52. The summed E-state index contributed by atoms with van der Waals surface area (Å²) in [5, 5.41) is 3.89. The molecule has 1 aromatic carbocycles. The van der Waals surface area contributed by atoms with Gasteiger partial charge in [0.05, 0.1) is 10.0 Å². The van der Waals surface area contributed by atoms with Gasteiger partial charge in [0.1, 0.15) is 5.75 Å². The Labute approximate surface area is 133 Å². The van der Waals surface area contributed by atoms with E-state index in [1.54, 1.807) is 18.2 Å². The van der Waals surface area contributed by atoms with Crippen LogP contribution in [-0.4, -0.2) is 11.5 Å². The molecule has 0 fully saturated rings. The highest BCUT2D eigenvalue weighted by molar-refractivity contribution is 6.42. The van der Waals surface area contributed by atoms with Gasteiger partial charge >= 0.3 is 0 Å². The van der Waals surface area contributed by atoms with Crippen LogP contribution >= 0.6 is 23.2 Å². The van der Waals surface area contributed by atoms with Gasteiger partial charge in [-0.25, -0.2) is 9.37 Å². The summed E-state index contributed by atoms with van der Waals surface area (Å²) in [5.41, 5.74) is 0.508. The highest BCUT2D eigenvalue weighted by Gasteiger charge is 2.12. The third kappa shape index (κ3) is 4.30. The van der Waals surface area contributed by atoms with E-state index in [4.69, 9.17) is 27.9 Å². The Hall–Kier alpha value is -1.36. The zero-order valence-corrected chi connectivity index (χ0v) is 13.0. The second-order valence-corrected chi connectivity index (χ2v) is 5.26. The van der Waals surface area contributed by atoms with Crippen LogP contribution in [0.4, 0.5) is 4.39 Å². The van der Waals surface area contributed by atoms with E-state index in [-0.39, 0.29) is 5.88 Å². The predicted molar refractivity (Wildman–Crippen MR) is 82.7 cm³/mol. The molecule has 0 amide bonds. The van der Waals surface area contributed by atoms with Crippen molar-refractivity contribution in [1.29, 1.82) is 0 Å². The van der Waals surface area contributed by atoms with E-state index < -0.39 is 5.82 Å². The van der Waals surface area contributed by atoms with Crippen molar-refractivity contribution >= 4 is 23.2 Å². The SMILES string of the molecule is CCCNCc1ccnc(Oc2ccc(Cl)c(Cl)c2)c1F. The minimum Gasteiger partial charge on any atom is -0.436 e. The molecule has 1 aromatic heterocycles. The topological polar surface area (TPSA) is 34.2 Å². The molecule has 1 heterocycles. The van der Waals surface area contributed by atoms with E-state index in [0.717, 1.165) is 13.0 Å². The van der Waals surface area contributed by atoms with Crippen LogP contribution in [0.15, 0.2) is 30.5 Å². The van der Waals surface area contributed by atoms with Crippen LogP contribution in [0.1, 0.15) is 18.9 Å². The average molecular weight is 329 g/mol. The lowest BCUT2D eigenvalue weighted by Gasteiger charge is -2.10. The molecule has 0 saturated carbocycles. The quantitative estimate of drug-likeness (QED) is 0.772. The zero-order valence-electron chi connectivity index (χ0n) is 11.5. The second kappa shape index (κ2) is 7.59. The van der Waals surface area contributed by atoms with Gasteiger partial charge in [0.2, 0.25) is 0 Å².